The lowest BCUT2D eigenvalue weighted by Gasteiger charge is -2.26. The molecule has 3 N–H and O–H groups in total. The Hall–Kier alpha value is -4.07. The highest BCUT2D eigenvalue weighted by atomic mass is 16.2. The van der Waals surface area contributed by atoms with Crippen molar-refractivity contribution in [2.24, 2.45) is 5.73 Å². The number of nitrogens with two attached hydrogens (primary N) is 1. The average molecular weight is 458 g/mol. The average Bonchev–Trinajstić information content (AvgIpc) is 2.85. The maximum Gasteiger partial charge on any atom is 0.320 e. The minimum absolute atomic E-state index is 0.0499. The summed E-state index contributed by atoms with van der Waals surface area (Å²) in [7, 11) is 0. The zero-order valence-electron chi connectivity index (χ0n) is 19.1. The van der Waals surface area contributed by atoms with E-state index in [1.807, 2.05) is 36.4 Å². The third-order valence-electron chi connectivity index (χ3n) is 5.86. The van der Waals surface area contributed by atoms with Crippen LogP contribution in [0.3, 0.4) is 0 Å². The number of urea groups is 1. The molecule has 1 aliphatic rings. The number of aromatic nitrogens is 2. The van der Waals surface area contributed by atoms with Gasteiger partial charge in [-0.05, 0) is 42.5 Å². The van der Waals surface area contributed by atoms with Crippen LogP contribution in [0.1, 0.15) is 42.1 Å². The van der Waals surface area contributed by atoms with Crippen LogP contribution in [-0.2, 0) is 11.2 Å². The van der Waals surface area contributed by atoms with Crippen molar-refractivity contribution in [3.05, 3.63) is 66.1 Å². The molecule has 0 bridgehead atoms. The summed E-state index contributed by atoms with van der Waals surface area (Å²) in [6.07, 6.45) is 7.99. The summed E-state index contributed by atoms with van der Waals surface area (Å²) in [5, 5.41) is 2.70. The van der Waals surface area contributed by atoms with Gasteiger partial charge in [-0.15, -0.1) is 0 Å². The number of anilines is 1. The molecule has 3 aromatic rings. The quantitative estimate of drug-likeness (QED) is 0.414. The van der Waals surface area contributed by atoms with Crippen molar-refractivity contribution in [1.29, 1.82) is 0 Å². The molecule has 0 radical (unpaired) electrons. The lowest BCUT2D eigenvalue weighted by atomic mass is 9.98. The van der Waals surface area contributed by atoms with E-state index in [0.29, 0.717) is 37.3 Å². The predicted molar refractivity (Wildman–Crippen MR) is 130 cm³/mol. The summed E-state index contributed by atoms with van der Waals surface area (Å²) in [6, 6.07) is 11.1. The fraction of sp³-hybridized carbons (Fsp3) is 0.269. The highest BCUT2D eigenvalue weighted by Crippen LogP contribution is 2.31. The zero-order chi connectivity index (χ0) is 24.1. The number of hydrogen-bond acceptors (Lipinski definition) is 5. The number of hydrogen-bond donors (Lipinski definition) is 2. The van der Waals surface area contributed by atoms with E-state index in [-0.39, 0.29) is 11.7 Å². The number of carbonyl (C=O) groups is 3. The van der Waals surface area contributed by atoms with Gasteiger partial charge in [0.1, 0.15) is 5.82 Å². The second-order valence-corrected chi connectivity index (χ2v) is 8.35. The van der Waals surface area contributed by atoms with Gasteiger partial charge in [0.15, 0.2) is 5.78 Å². The highest BCUT2D eigenvalue weighted by Gasteiger charge is 2.22. The molecule has 0 unspecified atom stereocenters. The molecule has 1 aliphatic heterocycles. The molecule has 0 fully saturated rings. The van der Waals surface area contributed by atoms with E-state index in [9.17, 15) is 14.4 Å². The summed E-state index contributed by atoms with van der Waals surface area (Å²) in [6.45, 7) is 2.54. The second kappa shape index (κ2) is 10.2. The lowest BCUT2D eigenvalue weighted by Crippen LogP contribution is -2.40. The molecular formula is C26H27N5O3. The first-order chi connectivity index (χ1) is 16.4. The second-order valence-electron chi connectivity index (χ2n) is 8.35. The predicted octanol–water partition coefficient (Wildman–Crippen LogP) is 3.74. The van der Waals surface area contributed by atoms with Crippen LogP contribution in [0.4, 0.5) is 10.6 Å². The van der Waals surface area contributed by atoms with E-state index in [4.69, 9.17) is 5.73 Å². The summed E-state index contributed by atoms with van der Waals surface area (Å²) in [5.74, 6) is 0.587. The molecule has 0 atom stereocenters. The van der Waals surface area contributed by atoms with Gasteiger partial charge in [0, 0.05) is 67.3 Å². The Labute approximate surface area is 198 Å². The van der Waals surface area contributed by atoms with E-state index in [0.717, 1.165) is 40.7 Å². The maximum atomic E-state index is 12.4. The van der Waals surface area contributed by atoms with Crippen molar-refractivity contribution in [3.63, 3.8) is 0 Å². The third-order valence-corrected chi connectivity index (χ3v) is 5.86. The van der Waals surface area contributed by atoms with Gasteiger partial charge in [-0.1, -0.05) is 24.3 Å². The molecule has 4 rings (SSSR count). The Morgan fingerprint density at radius 1 is 1.00 bits per heavy atom. The smallest absolute Gasteiger partial charge is 0.320 e. The molecule has 1 aromatic carbocycles. The van der Waals surface area contributed by atoms with E-state index in [2.05, 4.69) is 15.3 Å². The van der Waals surface area contributed by atoms with Crippen LogP contribution in [0.5, 0.6) is 0 Å². The fourth-order valence-electron chi connectivity index (χ4n) is 4.10. The lowest BCUT2D eigenvalue weighted by molar-refractivity contribution is -0.118. The summed E-state index contributed by atoms with van der Waals surface area (Å²) in [4.78, 5) is 45.4. The monoisotopic (exact) mass is 457 g/mol. The Morgan fingerprint density at radius 2 is 1.71 bits per heavy atom. The Morgan fingerprint density at radius 3 is 2.41 bits per heavy atom. The highest BCUT2D eigenvalue weighted by molar-refractivity contribution is 5.96. The molecule has 0 spiro atoms. The van der Waals surface area contributed by atoms with Crippen LogP contribution in [0.25, 0.3) is 22.3 Å². The molecule has 3 heterocycles. The minimum Gasteiger partial charge on any atom is -0.356 e. The summed E-state index contributed by atoms with van der Waals surface area (Å²) >= 11 is 0. The molecule has 2 aromatic heterocycles. The molecule has 8 nitrogen and oxygen atoms in total. The topological polar surface area (TPSA) is 118 Å². The van der Waals surface area contributed by atoms with Gasteiger partial charge in [0.2, 0.25) is 5.91 Å². The van der Waals surface area contributed by atoms with Crippen molar-refractivity contribution in [3.8, 4) is 22.3 Å². The van der Waals surface area contributed by atoms with Gasteiger partial charge in [0.25, 0.3) is 0 Å². The number of nitrogens with zero attached hydrogens (tertiary/aromatic N) is 3. The van der Waals surface area contributed by atoms with Gasteiger partial charge in [-0.25, -0.2) is 9.78 Å². The van der Waals surface area contributed by atoms with Crippen LogP contribution < -0.4 is 16.0 Å². The van der Waals surface area contributed by atoms with E-state index in [1.54, 1.807) is 18.6 Å². The molecule has 0 saturated heterocycles. The van der Waals surface area contributed by atoms with Gasteiger partial charge in [-0.3, -0.25) is 19.5 Å². The molecule has 34 heavy (non-hydrogen) atoms. The number of ketones is 1. The number of benzene rings is 1. The Balaban J connectivity index is 1.49. The zero-order valence-corrected chi connectivity index (χ0v) is 19.1. The van der Waals surface area contributed by atoms with Crippen LogP contribution >= 0.6 is 0 Å². The number of fused-ring (bicyclic) bond motifs is 1. The molecule has 174 valence electrons. The molecule has 0 aliphatic carbocycles. The van der Waals surface area contributed by atoms with Crippen LogP contribution in [0.15, 0.2) is 55.0 Å². The van der Waals surface area contributed by atoms with Crippen LogP contribution in [-0.4, -0.2) is 40.8 Å². The van der Waals surface area contributed by atoms with Crippen molar-refractivity contribution in [2.45, 2.75) is 32.6 Å². The molecule has 0 saturated carbocycles. The van der Waals surface area contributed by atoms with Crippen molar-refractivity contribution in [1.82, 2.24) is 15.3 Å². The van der Waals surface area contributed by atoms with Gasteiger partial charge in [-0.2, -0.15) is 0 Å². The van der Waals surface area contributed by atoms with Crippen molar-refractivity contribution < 1.29 is 14.4 Å². The number of pyridine rings is 2. The number of Topliss-reactive ketones (excluding diaryl/α,β-unsaturated/α-hetero) is 1. The Bertz CT molecular complexity index is 1220. The minimum atomic E-state index is -0.487. The first-order valence-electron chi connectivity index (χ1n) is 11.3. The number of aryl methyl sites for hydroxylation is 1. The van der Waals surface area contributed by atoms with E-state index < -0.39 is 6.03 Å². The number of carbonyl (C=O) groups excluding carboxylic acids is 3. The SMILES string of the molecule is CC(=O)NCCCC(=O)c1ccc(-c2cncc(-c3cnc4c(c3)CCCN4C(N)=O)c2)cc1. The van der Waals surface area contributed by atoms with Crippen molar-refractivity contribution >= 4 is 23.5 Å². The fourth-order valence-corrected chi connectivity index (χ4v) is 4.10. The molecule has 8 heteroatoms. The first-order valence-corrected chi connectivity index (χ1v) is 11.3. The standard InChI is InChI=1S/C26H27N5O3/c1-17(32)29-10-2-5-24(33)19-8-6-18(7-9-19)21-13-22(15-28-14-21)23-12-20-4-3-11-31(26(27)34)25(20)30-16-23/h6-9,12-16H,2-5,10-11H2,1H3,(H2,27,34)(H,29,32). The first kappa shape index (κ1) is 23.1. The number of rotatable bonds is 7. The summed E-state index contributed by atoms with van der Waals surface area (Å²) < 4.78 is 0. The van der Waals surface area contributed by atoms with Crippen LogP contribution in [0.2, 0.25) is 0 Å². The number of amides is 3. The number of primary amides is 1. The summed E-state index contributed by atoms with van der Waals surface area (Å²) in [5.41, 5.74) is 10.9. The van der Waals surface area contributed by atoms with Gasteiger partial charge in [0.05, 0.1) is 0 Å². The molecular weight excluding hydrogens is 430 g/mol. The van der Waals surface area contributed by atoms with Crippen molar-refractivity contribution in [2.75, 3.05) is 18.0 Å². The van der Waals surface area contributed by atoms with E-state index in [1.165, 1.54) is 11.8 Å². The number of nitrogens with one attached hydrogen (secondary N) is 1. The normalized spacial score (nSPS) is 12.7. The van der Waals surface area contributed by atoms with E-state index >= 15 is 0 Å². The van der Waals surface area contributed by atoms with Gasteiger partial charge >= 0.3 is 6.03 Å². The molecule has 3 amide bonds. The third kappa shape index (κ3) is 5.28. The largest absolute Gasteiger partial charge is 0.356 e. The maximum absolute atomic E-state index is 12.4. The Kier molecular flexibility index (Phi) is 6.96. The van der Waals surface area contributed by atoms with Crippen LogP contribution in [0, 0.1) is 0 Å². The van der Waals surface area contributed by atoms with Gasteiger partial charge < -0.3 is 11.1 Å².